The monoisotopic (exact) mass is 649 g/mol. The van der Waals surface area contributed by atoms with Crippen LogP contribution in [0.2, 0.25) is 0 Å². The Balaban J connectivity index is 1.39. The van der Waals surface area contributed by atoms with E-state index in [-0.39, 0.29) is 37.0 Å². The molecule has 3 atom stereocenters. The average Bonchev–Trinajstić information content (AvgIpc) is 3.27. The zero-order valence-corrected chi connectivity index (χ0v) is 27.3. The summed E-state index contributed by atoms with van der Waals surface area (Å²) in [6, 6.07) is 13.0. The number of rotatable bonds is 14. The van der Waals surface area contributed by atoms with Gasteiger partial charge in [-0.2, -0.15) is 0 Å². The number of hydrogen-bond acceptors (Lipinski definition) is 7. The number of carbonyl (C=O) groups is 5. The molecule has 1 saturated carbocycles. The maximum Gasteiger partial charge on any atom is 0.326 e. The summed E-state index contributed by atoms with van der Waals surface area (Å²) in [5, 5.41) is 30.6. The highest BCUT2D eigenvalue weighted by atomic mass is 16.4. The highest BCUT2D eigenvalue weighted by Crippen LogP contribution is 2.38. The van der Waals surface area contributed by atoms with Gasteiger partial charge < -0.3 is 31.1 Å². The number of aliphatic carboxylic acids is 1. The molecule has 2 aliphatic rings. The van der Waals surface area contributed by atoms with Gasteiger partial charge in [0.25, 0.3) is 0 Å². The molecule has 4 amide bonds. The van der Waals surface area contributed by atoms with Crippen molar-refractivity contribution >= 4 is 29.6 Å². The second kappa shape index (κ2) is 15.9. The van der Waals surface area contributed by atoms with Crippen LogP contribution < -0.4 is 21.3 Å². The lowest BCUT2D eigenvalue weighted by Crippen LogP contribution is -2.57. The minimum absolute atomic E-state index is 0.0192. The average molecular weight is 650 g/mol. The van der Waals surface area contributed by atoms with Crippen molar-refractivity contribution in [2.75, 3.05) is 13.1 Å². The molecule has 1 unspecified atom stereocenters. The SMILES string of the molecule is CC(C)C[C@H](NC(=O)[C@H](Cc1ccccc1)NC(=O)CNC(=O)CN1C(=O)C(Cc2ccc(O)cc2)NC12CCC(C)CC2)C(=O)O. The van der Waals surface area contributed by atoms with E-state index in [0.717, 1.165) is 24.0 Å². The molecule has 1 saturated heterocycles. The van der Waals surface area contributed by atoms with Crippen LogP contribution in [-0.4, -0.2) is 81.6 Å². The molecular weight excluding hydrogens is 602 g/mol. The van der Waals surface area contributed by atoms with E-state index in [0.29, 0.717) is 25.2 Å². The highest BCUT2D eigenvalue weighted by molar-refractivity contribution is 5.94. The second-order valence-corrected chi connectivity index (χ2v) is 13.3. The summed E-state index contributed by atoms with van der Waals surface area (Å²) in [5.74, 6) is -2.46. The molecule has 1 aliphatic carbocycles. The van der Waals surface area contributed by atoms with Crippen LogP contribution in [0.1, 0.15) is 64.0 Å². The van der Waals surface area contributed by atoms with Crippen LogP contribution in [0.15, 0.2) is 54.6 Å². The molecule has 12 heteroatoms. The van der Waals surface area contributed by atoms with Gasteiger partial charge in [0.1, 0.15) is 24.4 Å². The Morgan fingerprint density at radius 2 is 1.60 bits per heavy atom. The Morgan fingerprint density at radius 1 is 0.936 bits per heavy atom. The van der Waals surface area contributed by atoms with E-state index in [4.69, 9.17) is 0 Å². The highest BCUT2D eigenvalue weighted by Gasteiger charge is 2.51. The number of carboxylic acids is 1. The van der Waals surface area contributed by atoms with Crippen molar-refractivity contribution in [3.05, 3.63) is 65.7 Å². The van der Waals surface area contributed by atoms with E-state index in [9.17, 15) is 34.2 Å². The maximum atomic E-state index is 13.7. The molecule has 0 aromatic heterocycles. The lowest BCUT2D eigenvalue weighted by atomic mass is 9.82. The summed E-state index contributed by atoms with van der Waals surface area (Å²) in [4.78, 5) is 66.5. The van der Waals surface area contributed by atoms with Crippen LogP contribution in [0.5, 0.6) is 5.75 Å². The van der Waals surface area contributed by atoms with Crippen molar-refractivity contribution < 1.29 is 34.2 Å². The summed E-state index contributed by atoms with van der Waals surface area (Å²) >= 11 is 0. The molecule has 4 rings (SSSR count). The lowest BCUT2D eigenvalue weighted by molar-refractivity contribution is -0.142. The van der Waals surface area contributed by atoms with Gasteiger partial charge in [0.15, 0.2) is 0 Å². The number of aromatic hydroxyl groups is 1. The van der Waals surface area contributed by atoms with Gasteiger partial charge in [-0.25, -0.2) is 4.79 Å². The van der Waals surface area contributed by atoms with Crippen LogP contribution in [-0.2, 0) is 36.8 Å². The Labute approximate surface area is 275 Å². The molecule has 2 aromatic rings. The number of phenols is 1. The summed E-state index contributed by atoms with van der Waals surface area (Å²) in [7, 11) is 0. The number of benzene rings is 2. The molecule has 2 fully saturated rings. The van der Waals surface area contributed by atoms with E-state index in [1.165, 1.54) is 0 Å². The third-order valence-electron chi connectivity index (χ3n) is 9.01. The first kappa shape index (κ1) is 35.4. The van der Waals surface area contributed by atoms with Crippen LogP contribution in [0.25, 0.3) is 0 Å². The fourth-order valence-electron chi connectivity index (χ4n) is 6.40. The van der Waals surface area contributed by atoms with Gasteiger partial charge in [-0.1, -0.05) is 63.2 Å². The largest absolute Gasteiger partial charge is 0.508 e. The molecule has 6 N–H and O–H groups in total. The van der Waals surface area contributed by atoms with E-state index in [1.54, 1.807) is 53.4 Å². The first-order chi connectivity index (χ1) is 22.3. The lowest BCUT2D eigenvalue weighted by Gasteiger charge is -2.42. The van der Waals surface area contributed by atoms with E-state index >= 15 is 0 Å². The third-order valence-corrected chi connectivity index (χ3v) is 9.01. The van der Waals surface area contributed by atoms with Gasteiger partial charge in [-0.3, -0.25) is 24.5 Å². The zero-order chi connectivity index (χ0) is 34.1. The molecular formula is C35H47N5O7. The molecule has 2 aromatic carbocycles. The first-order valence-electron chi connectivity index (χ1n) is 16.4. The van der Waals surface area contributed by atoms with Crippen molar-refractivity contribution in [3.63, 3.8) is 0 Å². The number of amides is 4. The Kier molecular flexibility index (Phi) is 12.0. The van der Waals surface area contributed by atoms with Crippen LogP contribution in [0, 0.1) is 11.8 Å². The predicted octanol–water partition coefficient (Wildman–Crippen LogP) is 2.10. The number of carboxylic acid groups (broad SMARTS) is 1. The molecule has 1 aliphatic heterocycles. The van der Waals surface area contributed by atoms with Crippen LogP contribution >= 0.6 is 0 Å². The number of hydrogen-bond donors (Lipinski definition) is 6. The standard InChI is InChI=1S/C35H47N5O7/c1-22(2)17-29(34(46)47)38-32(44)27(18-24-7-5-4-6-8-24)37-30(42)20-36-31(43)21-40-33(45)28(19-25-9-11-26(41)12-10-25)39-35(40)15-13-23(3)14-16-35/h4-12,22-23,27-29,39,41H,13-21H2,1-3H3,(H,36,43)(H,37,42)(H,38,44)(H,46,47)/t23?,27-,28?,29-,35?/m0/s1. The van der Waals surface area contributed by atoms with Crippen molar-refractivity contribution in [2.24, 2.45) is 11.8 Å². The van der Waals surface area contributed by atoms with Gasteiger partial charge in [0.2, 0.25) is 23.6 Å². The smallest absolute Gasteiger partial charge is 0.326 e. The molecule has 1 spiro atoms. The normalized spacial score (nSPS) is 22.1. The summed E-state index contributed by atoms with van der Waals surface area (Å²) in [5.41, 5.74) is 0.978. The van der Waals surface area contributed by atoms with Crippen LogP contribution in [0.4, 0.5) is 0 Å². The third kappa shape index (κ3) is 9.77. The fourth-order valence-corrected chi connectivity index (χ4v) is 6.40. The van der Waals surface area contributed by atoms with Gasteiger partial charge in [0, 0.05) is 6.42 Å². The van der Waals surface area contributed by atoms with Crippen molar-refractivity contribution in [1.82, 2.24) is 26.2 Å². The molecule has 0 bridgehead atoms. The first-order valence-corrected chi connectivity index (χ1v) is 16.4. The maximum absolute atomic E-state index is 13.7. The number of nitrogens with one attached hydrogen (secondary N) is 4. The minimum Gasteiger partial charge on any atom is -0.508 e. The quantitative estimate of drug-likeness (QED) is 0.180. The van der Waals surface area contributed by atoms with Crippen molar-refractivity contribution in [2.45, 2.75) is 89.5 Å². The van der Waals surface area contributed by atoms with E-state index < -0.39 is 54.0 Å². The van der Waals surface area contributed by atoms with Crippen molar-refractivity contribution in [1.29, 1.82) is 0 Å². The van der Waals surface area contributed by atoms with Gasteiger partial charge in [-0.15, -0.1) is 0 Å². The molecule has 254 valence electrons. The van der Waals surface area contributed by atoms with Gasteiger partial charge >= 0.3 is 5.97 Å². The molecule has 47 heavy (non-hydrogen) atoms. The zero-order valence-electron chi connectivity index (χ0n) is 27.3. The van der Waals surface area contributed by atoms with E-state index in [2.05, 4.69) is 28.2 Å². The minimum atomic E-state index is -1.16. The van der Waals surface area contributed by atoms with Crippen LogP contribution in [0.3, 0.4) is 0 Å². The molecule has 12 nitrogen and oxygen atoms in total. The van der Waals surface area contributed by atoms with Crippen molar-refractivity contribution in [3.8, 4) is 5.75 Å². The number of carbonyl (C=O) groups excluding carboxylic acids is 4. The molecule has 1 heterocycles. The Hall–Kier alpha value is -4.45. The van der Waals surface area contributed by atoms with E-state index in [1.807, 2.05) is 19.9 Å². The summed E-state index contributed by atoms with van der Waals surface area (Å²) in [6.45, 7) is 5.22. The molecule has 0 radical (unpaired) electrons. The predicted molar refractivity (Wildman–Crippen MR) is 175 cm³/mol. The van der Waals surface area contributed by atoms with Gasteiger partial charge in [-0.05, 0) is 73.6 Å². The topological polar surface area (TPSA) is 177 Å². The second-order valence-electron chi connectivity index (χ2n) is 13.3. The summed E-state index contributed by atoms with van der Waals surface area (Å²) in [6.07, 6.45) is 3.95. The Morgan fingerprint density at radius 3 is 2.21 bits per heavy atom. The number of nitrogens with zero attached hydrogens (tertiary/aromatic N) is 1. The summed E-state index contributed by atoms with van der Waals surface area (Å²) < 4.78 is 0. The fraction of sp³-hybridized carbons (Fsp3) is 0.514. The van der Waals surface area contributed by atoms with Gasteiger partial charge in [0.05, 0.1) is 18.2 Å². The number of phenolic OH excluding ortho intramolecular Hbond substituents is 1. The Bertz CT molecular complexity index is 1410.